The number of nitrogens with zero attached hydrogens (tertiary/aromatic N) is 2. The first-order valence-corrected chi connectivity index (χ1v) is 9.79. The highest BCUT2D eigenvalue weighted by atomic mass is 16.6. The van der Waals surface area contributed by atoms with Gasteiger partial charge in [-0.2, -0.15) is 5.26 Å². The number of phenols is 1. The predicted octanol–water partition coefficient (Wildman–Crippen LogP) is 5.44. The molecular formula is C24H27N3O4. The van der Waals surface area contributed by atoms with Gasteiger partial charge in [0.15, 0.2) is 0 Å². The molecule has 1 amide bonds. The zero-order chi connectivity index (χ0) is 23.6. The molecule has 0 heterocycles. The minimum absolute atomic E-state index is 0.156. The van der Waals surface area contributed by atoms with E-state index < -0.39 is 10.8 Å². The molecule has 0 saturated carbocycles. The molecule has 31 heavy (non-hydrogen) atoms. The molecule has 0 aliphatic rings. The minimum Gasteiger partial charge on any atom is -0.507 e. The zero-order valence-corrected chi connectivity index (χ0v) is 18.6. The van der Waals surface area contributed by atoms with Gasteiger partial charge in [-0.05, 0) is 40.7 Å². The molecule has 0 aliphatic carbocycles. The third-order valence-electron chi connectivity index (χ3n) is 4.74. The topological polar surface area (TPSA) is 116 Å². The van der Waals surface area contributed by atoms with Crippen LogP contribution in [0.4, 0.5) is 11.4 Å². The number of rotatable bonds is 4. The zero-order valence-electron chi connectivity index (χ0n) is 18.6. The molecule has 2 aromatic carbocycles. The molecule has 162 valence electrons. The summed E-state index contributed by atoms with van der Waals surface area (Å²) in [6.07, 6.45) is 1.45. The summed E-state index contributed by atoms with van der Waals surface area (Å²) in [6, 6.07) is 10.9. The van der Waals surface area contributed by atoms with Crippen LogP contribution in [0.3, 0.4) is 0 Å². The monoisotopic (exact) mass is 421 g/mol. The number of carbonyl (C=O) groups is 1. The lowest BCUT2D eigenvalue weighted by molar-refractivity contribution is -0.384. The van der Waals surface area contributed by atoms with Crippen molar-refractivity contribution in [3.05, 3.63) is 68.8 Å². The number of carbonyl (C=O) groups excluding carboxylic acids is 1. The van der Waals surface area contributed by atoms with Crippen LogP contribution < -0.4 is 5.32 Å². The molecule has 2 N–H and O–H groups in total. The SMILES string of the molecule is CC(C)(C)c1cc(/C=C(\C#N)C(=O)Nc2cccc([N+](=O)[O-])c2)cc(C(C)(C)C)c1O. The molecule has 7 nitrogen and oxygen atoms in total. The van der Waals surface area contributed by atoms with E-state index in [1.165, 1.54) is 30.3 Å². The Morgan fingerprint density at radius 2 is 1.65 bits per heavy atom. The highest BCUT2D eigenvalue weighted by molar-refractivity contribution is 6.09. The van der Waals surface area contributed by atoms with Crippen LogP contribution in [-0.4, -0.2) is 15.9 Å². The number of nitriles is 1. The van der Waals surface area contributed by atoms with Crippen LogP contribution in [0.2, 0.25) is 0 Å². The fourth-order valence-corrected chi connectivity index (χ4v) is 3.09. The van der Waals surface area contributed by atoms with Gasteiger partial charge in [-0.1, -0.05) is 47.6 Å². The molecular weight excluding hydrogens is 394 g/mol. The van der Waals surface area contributed by atoms with Crippen molar-refractivity contribution in [3.8, 4) is 11.8 Å². The van der Waals surface area contributed by atoms with Gasteiger partial charge in [0.25, 0.3) is 11.6 Å². The third-order valence-corrected chi connectivity index (χ3v) is 4.74. The van der Waals surface area contributed by atoms with Crippen LogP contribution in [0.1, 0.15) is 58.2 Å². The second kappa shape index (κ2) is 8.60. The Bertz CT molecular complexity index is 1060. The van der Waals surface area contributed by atoms with Crippen LogP contribution >= 0.6 is 0 Å². The molecule has 0 spiro atoms. The second-order valence-corrected chi connectivity index (χ2v) is 9.40. The Hall–Kier alpha value is -3.66. The number of phenolic OH excluding ortho intramolecular Hbond substituents is 1. The molecule has 2 rings (SSSR count). The third kappa shape index (κ3) is 5.70. The van der Waals surface area contributed by atoms with Crippen molar-refractivity contribution in [1.82, 2.24) is 0 Å². The summed E-state index contributed by atoms with van der Waals surface area (Å²) in [6.45, 7) is 11.8. The number of nitro groups is 1. The van der Waals surface area contributed by atoms with E-state index in [2.05, 4.69) is 5.32 Å². The molecule has 0 atom stereocenters. The molecule has 0 saturated heterocycles. The van der Waals surface area contributed by atoms with Gasteiger partial charge in [-0.3, -0.25) is 14.9 Å². The molecule has 0 aromatic heterocycles. The normalized spacial score (nSPS) is 12.2. The van der Waals surface area contributed by atoms with E-state index in [1.807, 2.05) is 47.6 Å². The van der Waals surface area contributed by atoms with Crippen molar-refractivity contribution < 1.29 is 14.8 Å². The number of hydrogen-bond acceptors (Lipinski definition) is 5. The average Bonchev–Trinajstić information content (AvgIpc) is 2.65. The van der Waals surface area contributed by atoms with Gasteiger partial charge in [-0.15, -0.1) is 0 Å². The van der Waals surface area contributed by atoms with Gasteiger partial charge in [0.05, 0.1) is 4.92 Å². The fraction of sp³-hybridized carbons (Fsp3) is 0.333. The summed E-state index contributed by atoms with van der Waals surface area (Å²) in [4.78, 5) is 23.0. The molecule has 0 fully saturated rings. The van der Waals surface area contributed by atoms with Crippen molar-refractivity contribution in [1.29, 1.82) is 5.26 Å². The summed E-state index contributed by atoms with van der Waals surface area (Å²) in [5.74, 6) is -0.470. The number of benzene rings is 2. The van der Waals surface area contributed by atoms with Gasteiger partial charge in [0.1, 0.15) is 17.4 Å². The quantitative estimate of drug-likeness (QED) is 0.295. The molecule has 2 aromatic rings. The van der Waals surface area contributed by atoms with E-state index in [1.54, 1.807) is 12.1 Å². The maximum Gasteiger partial charge on any atom is 0.271 e. The van der Waals surface area contributed by atoms with E-state index in [4.69, 9.17) is 0 Å². The van der Waals surface area contributed by atoms with Crippen LogP contribution in [0.5, 0.6) is 5.75 Å². The number of nitro benzene ring substituents is 1. The minimum atomic E-state index is -0.675. The number of non-ortho nitro benzene ring substituents is 1. The Balaban J connectivity index is 2.50. The van der Waals surface area contributed by atoms with Crippen molar-refractivity contribution in [2.24, 2.45) is 0 Å². The van der Waals surface area contributed by atoms with Crippen molar-refractivity contribution in [2.45, 2.75) is 52.4 Å². The highest BCUT2D eigenvalue weighted by Crippen LogP contribution is 2.40. The first kappa shape index (κ1) is 23.6. The summed E-state index contributed by atoms with van der Waals surface area (Å²) >= 11 is 0. The smallest absolute Gasteiger partial charge is 0.271 e. The fourth-order valence-electron chi connectivity index (χ4n) is 3.09. The number of hydrogen-bond donors (Lipinski definition) is 2. The predicted molar refractivity (Wildman–Crippen MR) is 121 cm³/mol. The Morgan fingerprint density at radius 1 is 1.10 bits per heavy atom. The van der Waals surface area contributed by atoms with Gasteiger partial charge in [0, 0.05) is 28.9 Å². The largest absolute Gasteiger partial charge is 0.507 e. The maximum absolute atomic E-state index is 12.6. The summed E-state index contributed by atoms with van der Waals surface area (Å²) in [5, 5.41) is 33.8. The maximum atomic E-state index is 12.6. The van der Waals surface area contributed by atoms with Crippen molar-refractivity contribution in [3.63, 3.8) is 0 Å². The van der Waals surface area contributed by atoms with E-state index in [0.717, 1.165) is 0 Å². The van der Waals surface area contributed by atoms with Gasteiger partial charge in [-0.25, -0.2) is 0 Å². The van der Waals surface area contributed by atoms with Crippen LogP contribution in [-0.2, 0) is 15.6 Å². The van der Waals surface area contributed by atoms with Crippen LogP contribution in [0.15, 0.2) is 42.0 Å². The Kier molecular flexibility index (Phi) is 6.55. The summed E-state index contributed by atoms with van der Waals surface area (Å²) < 4.78 is 0. The van der Waals surface area contributed by atoms with E-state index >= 15 is 0 Å². The second-order valence-electron chi connectivity index (χ2n) is 9.40. The molecule has 7 heteroatoms. The average molecular weight is 421 g/mol. The number of anilines is 1. The first-order chi connectivity index (χ1) is 14.2. The Morgan fingerprint density at radius 3 is 2.10 bits per heavy atom. The number of nitrogens with one attached hydrogen (secondary N) is 1. The number of amides is 1. The number of aromatic hydroxyl groups is 1. The molecule has 0 unspecified atom stereocenters. The van der Waals surface area contributed by atoms with E-state index in [9.17, 15) is 25.3 Å². The van der Waals surface area contributed by atoms with Crippen LogP contribution in [0.25, 0.3) is 6.08 Å². The summed E-state index contributed by atoms with van der Waals surface area (Å²) in [5.41, 5.74) is 1.22. The first-order valence-electron chi connectivity index (χ1n) is 9.79. The van der Waals surface area contributed by atoms with Gasteiger partial charge >= 0.3 is 0 Å². The van der Waals surface area contributed by atoms with Gasteiger partial charge in [0.2, 0.25) is 0 Å². The highest BCUT2D eigenvalue weighted by Gasteiger charge is 2.26. The summed E-state index contributed by atoms with van der Waals surface area (Å²) in [7, 11) is 0. The van der Waals surface area contributed by atoms with E-state index in [-0.39, 0.29) is 33.5 Å². The lowest BCUT2D eigenvalue weighted by atomic mass is 9.78. The standard InChI is InChI=1S/C24H27N3O4/c1-23(2,3)19-11-15(12-20(21(19)28)24(4,5)6)10-16(14-25)22(29)26-17-8-7-9-18(13-17)27(30)31/h7-13,28H,1-6H3,(H,26,29)/b16-10+. The van der Waals surface area contributed by atoms with Crippen molar-refractivity contribution in [2.75, 3.05) is 5.32 Å². The van der Waals surface area contributed by atoms with Gasteiger partial charge < -0.3 is 10.4 Å². The lowest BCUT2D eigenvalue weighted by Gasteiger charge is -2.28. The van der Waals surface area contributed by atoms with Crippen LogP contribution in [0, 0.1) is 21.4 Å². The Labute approximate surface area is 182 Å². The molecule has 0 aliphatic heterocycles. The lowest BCUT2D eigenvalue weighted by Crippen LogP contribution is -2.18. The van der Waals surface area contributed by atoms with E-state index in [0.29, 0.717) is 16.7 Å². The van der Waals surface area contributed by atoms with Crippen molar-refractivity contribution >= 4 is 23.4 Å². The molecule has 0 bridgehead atoms. The molecule has 0 radical (unpaired) electrons.